The topological polar surface area (TPSA) is 78.9 Å². The zero-order valence-electron chi connectivity index (χ0n) is 47.9. The van der Waals surface area contributed by atoms with Gasteiger partial charge in [0, 0.05) is 19.3 Å². The lowest BCUT2D eigenvalue weighted by molar-refractivity contribution is -0.167. The first-order chi connectivity index (χ1) is 36.0. The van der Waals surface area contributed by atoms with E-state index in [4.69, 9.17) is 14.2 Å². The van der Waals surface area contributed by atoms with Gasteiger partial charge in [-0.2, -0.15) is 0 Å². The smallest absolute Gasteiger partial charge is 0.306 e. The second kappa shape index (κ2) is 60.9. The Morgan fingerprint density at radius 3 is 0.904 bits per heavy atom. The third-order valence-electron chi connectivity index (χ3n) is 13.1. The summed E-state index contributed by atoms with van der Waals surface area (Å²) in [7, 11) is 0. The number of esters is 3. The molecule has 0 N–H and O–H groups in total. The average molecular weight is 1020 g/mol. The van der Waals surface area contributed by atoms with Crippen molar-refractivity contribution in [3.63, 3.8) is 0 Å². The van der Waals surface area contributed by atoms with Crippen molar-refractivity contribution in [2.24, 2.45) is 0 Å². The van der Waals surface area contributed by atoms with Crippen LogP contribution in [-0.2, 0) is 28.6 Å². The minimum Gasteiger partial charge on any atom is -0.462 e. The number of ether oxygens (including phenoxy) is 3. The zero-order chi connectivity index (χ0) is 52.9. The van der Waals surface area contributed by atoms with Crippen molar-refractivity contribution in [2.45, 2.75) is 297 Å². The van der Waals surface area contributed by atoms with Crippen LogP contribution < -0.4 is 0 Å². The normalized spacial score (nSPS) is 12.8. The van der Waals surface area contributed by atoms with Crippen LogP contribution in [0.25, 0.3) is 0 Å². The summed E-state index contributed by atoms with van der Waals surface area (Å²) in [6, 6.07) is 0. The zero-order valence-corrected chi connectivity index (χ0v) is 47.9. The maximum atomic E-state index is 12.9. The fourth-order valence-corrected chi connectivity index (χ4v) is 8.49. The van der Waals surface area contributed by atoms with E-state index in [-0.39, 0.29) is 37.5 Å². The quantitative estimate of drug-likeness (QED) is 0.0261. The predicted molar refractivity (Wildman–Crippen MR) is 316 cm³/mol. The molecule has 418 valence electrons. The van der Waals surface area contributed by atoms with E-state index in [1.807, 2.05) is 0 Å². The number of unbranched alkanes of at least 4 members (excludes halogenated alkanes) is 28. The van der Waals surface area contributed by atoms with E-state index < -0.39 is 6.10 Å². The van der Waals surface area contributed by atoms with Gasteiger partial charge < -0.3 is 14.2 Å². The van der Waals surface area contributed by atoms with Gasteiger partial charge >= 0.3 is 17.9 Å². The van der Waals surface area contributed by atoms with E-state index in [0.717, 1.165) is 89.9 Å². The average Bonchev–Trinajstić information content (AvgIpc) is 3.39. The van der Waals surface area contributed by atoms with Crippen molar-refractivity contribution in [1.82, 2.24) is 0 Å². The molecule has 0 aliphatic rings. The molecule has 0 aromatic rings. The van der Waals surface area contributed by atoms with Crippen molar-refractivity contribution in [2.75, 3.05) is 13.2 Å². The molecule has 6 nitrogen and oxygen atoms in total. The van der Waals surface area contributed by atoms with Gasteiger partial charge in [0.25, 0.3) is 0 Å². The first-order valence-corrected chi connectivity index (χ1v) is 30.7. The Hall–Kier alpha value is -3.67. The first-order valence-electron chi connectivity index (χ1n) is 30.7. The summed E-state index contributed by atoms with van der Waals surface area (Å²) in [5.74, 6) is -0.953. The van der Waals surface area contributed by atoms with Crippen LogP contribution in [0.5, 0.6) is 0 Å². The van der Waals surface area contributed by atoms with Crippen LogP contribution in [0.15, 0.2) is 97.2 Å². The molecule has 0 fully saturated rings. The molecule has 0 bridgehead atoms. The molecule has 73 heavy (non-hydrogen) atoms. The van der Waals surface area contributed by atoms with Crippen molar-refractivity contribution < 1.29 is 28.6 Å². The van der Waals surface area contributed by atoms with Crippen LogP contribution in [-0.4, -0.2) is 37.2 Å². The molecule has 0 aliphatic heterocycles. The molecule has 1 atom stereocenters. The highest BCUT2D eigenvalue weighted by atomic mass is 16.6. The van der Waals surface area contributed by atoms with Crippen molar-refractivity contribution >= 4 is 17.9 Å². The minimum absolute atomic E-state index is 0.0951. The lowest BCUT2D eigenvalue weighted by Crippen LogP contribution is -2.30. The lowest BCUT2D eigenvalue weighted by Gasteiger charge is -2.18. The highest BCUT2D eigenvalue weighted by Gasteiger charge is 2.19. The number of rotatable bonds is 55. The highest BCUT2D eigenvalue weighted by molar-refractivity contribution is 5.71. The van der Waals surface area contributed by atoms with Gasteiger partial charge in [0.05, 0.1) is 0 Å². The largest absolute Gasteiger partial charge is 0.462 e. The summed E-state index contributed by atoms with van der Waals surface area (Å²) in [6.45, 7) is 6.49. The Morgan fingerprint density at radius 2 is 0.548 bits per heavy atom. The Balaban J connectivity index is 4.47. The molecule has 0 saturated heterocycles. The van der Waals surface area contributed by atoms with E-state index in [1.165, 1.54) is 154 Å². The van der Waals surface area contributed by atoms with Gasteiger partial charge in [-0.15, -0.1) is 0 Å². The molecule has 0 aromatic carbocycles. The van der Waals surface area contributed by atoms with E-state index in [2.05, 4.69) is 118 Å². The van der Waals surface area contributed by atoms with Crippen molar-refractivity contribution in [3.05, 3.63) is 97.2 Å². The second-order valence-electron chi connectivity index (χ2n) is 20.2. The summed E-state index contributed by atoms with van der Waals surface area (Å²) in [4.78, 5) is 38.2. The molecule has 0 radical (unpaired) electrons. The summed E-state index contributed by atoms with van der Waals surface area (Å²) in [5, 5.41) is 0. The van der Waals surface area contributed by atoms with Gasteiger partial charge in [-0.05, 0) is 96.3 Å². The number of carbonyl (C=O) groups excluding carboxylic acids is 3. The van der Waals surface area contributed by atoms with E-state index >= 15 is 0 Å². The van der Waals surface area contributed by atoms with Gasteiger partial charge in [-0.25, -0.2) is 0 Å². The third kappa shape index (κ3) is 59.1. The molecule has 0 amide bonds. The third-order valence-corrected chi connectivity index (χ3v) is 13.1. The van der Waals surface area contributed by atoms with E-state index in [0.29, 0.717) is 19.3 Å². The minimum atomic E-state index is -0.803. The maximum Gasteiger partial charge on any atom is 0.306 e. The Labute approximate surface area is 451 Å². The van der Waals surface area contributed by atoms with Gasteiger partial charge in [-0.1, -0.05) is 272 Å². The number of allylic oxidation sites excluding steroid dienone is 16. The molecule has 0 saturated carbocycles. The monoisotopic (exact) mass is 1010 g/mol. The van der Waals surface area contributed by atoms with Gasteiger partial charge in [0.2, 0.25) is 0 Å². The molecule has 0 aliphatic carbocycles. The molecular weight excluding hydrogens is 901 g/mol. The van der Waals surface area contributed by atoms with Crippen LogP contribution in [0.2, 0.25) is 0 Å². The van der Waals surface area contributed by atoms with Gasteiger partial charge in [0.1, 0.15) is 13.2 Å². The fourth-order valence-electron chi connectivity index (χ4n) is 8.49. The molecule has 0 spiro atoms. The van der Waals surface area contributed by atoms with Gasteiger partial charge in [-0.3, -0.25) is 14.4 Å². The predicted octanol–water partition coefficient (Wildman–Crippen LogP) is 20.9. The standard InChI is InChI=1S/C67H114O6/c1-4-7-10-13-16-19-22-25-28-30-31-32-33-34-35-37-39-42-45-48-51-54-57-60-66(69)72-63-64(62-71-65(68)59-56-53-50-47-44-41-38-27-24-21-18-15-12-9-6-3)73-67(70)61-58-55-52-49-46-43-40-36-29-26-23-20-17-14-11-8-5-2/h7,10,16,19,25-26,28-29,31-32,34-35,39,42,48,51,64H,4-6,8-9,11-15,17-18,20-24,27,30,33,36-38,40-41,43-47,49-50,52-63H2,1-3H3/b10-7-,19-16-,28-25-,29-26-,32-31-,35-34-,42-39-,51-48-. The van der Waals surface area contributed by atoms with E-state index in [1.54, 1.807) is 0 Å². The van der Waals surface area contributed by atoms with Crippen LogP contribution in [0, 0.1) is 0 Å². The van der Waals surface area contributed by atoms with E-state index in [9.17, 15) is 14.4 Å². The van der Waals surface area contributed by atoms with Crippen molar-refractivity contribution in [3.8, 4) is 0 Å². The molecular formula is C67H114O6. The molecule has 0 heterocycles. The van der Waals surface area contributed by atoms with Crippen molar-refractivity contribution in [1.29, 1.82) is 0 Å². The van der Waals surface area contributed by atoms with Crippen LogP contribution in [0.4, 0.5) is 0 Å². The number of carbonyl (C=O) groups is 3. The maximum absolute atomic E-state index is 12.9. The number of hydrogen-bond acceptors (Lipinski definition) is 6. The Morgan fingerprint density at radius 1 is 0.288 bits per heavy atom. The Kier molecular flexibility index (Phi) is 57.8. The number of hydrogen-bond donors (Lipinski definition) is 0. The summed E-state index contributed by atoms with van der Waals surface area (Å²) in [6.07, 6.45) is 81.2. The molecule has 6 heteroatoms. The molecule has 0 rings (SSSR count). The first kappa shape index (κ1) is 69.3. The Bertz CT molecular complexity index is 1440. The highest BCUT2D eigenvalue weighted by Crippen LogP contribution is 2.16. The van der Waals surface area contributed by atoms with Crippen LogP contribution >= 0.6 is 0 Å². The fraction of sp³-hybridized carbons (Fsp3) is 0.716. The van der Waals surface area contributed by atoms with Gasteiger partial charge in [0.15, 0.2) is 6.10 Å². The van der Waals surface area contributed by atoms with Crippen LogP contribution in [0.3, 0.4) is 0 Å². The SMILES string of the molecule is CC/C=C\C/C=C\C/C=C\C/C=C\C/C=C\C/C=C\C/C=C\CCCC(=O)OCC(COC(=O)CCCCCCCCCCCCCCCCC)OC(=O)CCCCCCCCC/C=C\CCCCCCCC. The summed E-state index contributed by atoms with van der Waals surface area (Å²) in [5.41, 5.74) is 0. The summed E-state index contributed by atoms with van der Waals surface area (Å²) >= 11 is 0. The lowest BCUT2D eigenvalue weighted by atomic mass is 10.0. The van der Waals surface area contributed by atoms with Crippen LogP contribution in [0.1, 0.15) is 290 Å². The second-order valence-corrected chi connectivity index (χ2v) is 20.2. The summed E-state index contributed by atoms with van der Waals surface area (Å²) < 4.78 is 16.9. The molecule has 1 unspecified atom stereocenters. The molecule has 0 aromatic heterocycles.